The van der Waals surface area contributed by atoms with E-state index >= 15 is 0 Å². The van der Waals surface area contributed by atoms with Gasteiger partial charge in [-0.2, -0.15) is 0 Å². The minimum Gasteiger partial charge on any atom is -0.457 e. The summed E-state index contributed by atoms with van der Waals surface area (Å²) >= 11 is 6.07. The molecule has 1 aromatic heterocycles. The molecule has 8 nitrogen and oxygen atoms in total. The number of carbonyl (C=O) groups is 1. The Bertz CT molecular complexity index is 1740. The summed E-state index contributed by atoms with van der Waals surface area (Å²) in [4.78, 5) is 36.7. The zero-order valence-corrected chi connectivity index (χ0v) is 21.8. The Labute approximate surface area is 228 Å². The molecule has 0 radical (unpaired) electrons. The van der Waals surface area contributed by atoms with Gasteiger partial charge < -0.3 is 14.6 Å². The number of fused-ring (bicyclic) bond motifs is 2. The molecule has 1 heterocycles. The maximum absolute atomic E-state index is 12.9. The number of non-ortho nitro benzene ring substituents is 1. The molecule has 0 aliphatic rings. The van der Waals surface area contributed by atoms with E-state index in [1.54, 1.807) is 30.3 Å². The number of nitro benzene ring substituents is 1. The van der Waals surface area contributed by atoms with Crippen molar-refractivity contribution in [2.24, 2.45) is 0 Å². The van der Waals surface area contributed by atoms with Gasteiger partial charge in [-0.1, -0.05) is 35.9 Å². The number of aromatic nitrogens is 1. The number of ether oxygens (including phenoxy) is 1. The van der Waals surface area contributed by atoms with Gasteiger partial charge in [0, 0.05) is 40.9 Å². The van der Waals surface area contributed by atoms with Gasteiger partial charge in [-0.15, -0.1) is 0 Å². The van der Waals surface area contributed by atoms with Crippen LogP contribution in [-0.2, 0) is 11.3 Å². The summed E-state index contributed by atoms with van der Waals surface area (Å²) in [7, 11) is 0. The zero-order valence-electron chi connectivity index (χ0n) is 21.0. The third-order valence-corrected chi connectivity index (χ3v) is 6.84. The largest absolute Gasteiger partial charge is 0.457 e. The lowest BCUT2D eigenvalue weighted by molar-refractivity contribution is -0.384. The summed E-state index contributed by atoms with van der Waals surface area (Å²) < 4.78 is 7.86. The lowest BCUT2D eigenvalue weighted by atomic mass is 10.1. The molecule has 9 heteroatoms. The molecule has 0 aliphatic heterocycles. The molecule has 1 N–H and O–H groups in total. The lowest BCUT2D eigenvalue weighted by Gasteiger charge is -2.15. The molecular weight excluding hydrogens is 518 g/mol. The van der Waals surface area contributed by atoms with Crippen molar-refractivity contribution >= 4 is 50.7 Å². The Morgan fingerprint density at radius 1 is 0.949 bits per heavy atom. The number of nitro groups is 1. The van der Waals surface area contributed by atoms with E-state index in [1.807, 2.05) is 47.9 Å². The molecule has 0 unspecified atom stereocenters. The predicted molar refractivity (Wildman–Crippen MR) is 153 cm³/mol. The predicted octanol–water partition coefficient (Wildman–Crippen LogP) is 7.24. The van der Waals surface area contributed by atoms with Crippen LogP contribution in [0.15, 0.2) is 89.7 Å². The molecule has 5 aromatic rings. The first-order valence-corrected chi connectivity index (χ1v) is 12.7. The van der Waals surface area contributed by atoms with E-state index < -0.39 is 4.92 Å². The number of pyridine rings is 1. The molecule has 196 valence electrons. The number of rotatable bonds is 8. The standard InChI is InChI=1S/C30H24ClN3O5/c1-19-15-22(12-13-26(19)31)39-23-17-20(16-21(18-23)34(37)38)32-29(35)11-6-14-33-27-9-4-2-7-24(27)30(36)25-8-3-5-10-28(25)33/h2-5,7-10,12-13,15-18H,6,11,14H2,1H3,(H,32,35). The second kappa shape index (κ2) is 11.0. The Kier molecular flexibility index (Phi) is 7.29. The number of nitrogens with one attached hydrogen (secondary N) is 1. The van der Waals surface area contributed by atoms with Crippen molar-refractivity contribution in [2.45, 2.75) is 26.3 Å². The Morgan fingerprint density at radius 3 is 2.26 bits per heavy atom. The SMILES string of the molecule is Cc1cc(Oc2cc(NC(=O)CCCn3c4ccccc4c(=O)c4ccccc43)cc([N+](=O)[O-])c2)ccc1Cl. The highest BCUT2D eigenvalue weighted by atomic mass is 35.5. The molecule has 0 saturated carbocycles. The molecule has 0 bridgehead atoms. The van der Waals surface area contributed by atoms with Crippen LogP contribution in [0, 0.1) is 17.0 Å². The molecule has 0 fully saturated rings. The number of hydrogen-bond donors (Lipinski definition) is 1. The minimum absolute atomic E-state index is 0.0207. The second-order valence-electron chi connectivity index (χ2n) is 9.15. The smallest absolute Gasteiger partial charge is 0.275 e. The maximum Gasteiger partial charge on any atom is 0.275 e. The average Bonchev–Trinajstić information content (AvgIpc) is 2.92. The van der Waals surface area contributed by atoms with Crippen LogP contribution in [0.2, 0.25) is 5.02 Å². The number of benzene rings is 4. The van der Waals surface area contributed by atoms with Gasteiger partial charge in [-0.3, -0.25) is 19.7 Å². The summed E-state index contributed by atoms with van der Waals surface area (Å²) in [6.45, 7) is 2.33. The number of para-hydroxylation sites is 2. The fourth-order valence-electron chi connectivity index (χ4n) is 4.58. The number of carbonyl (C=O) groups excluding carboxylic acids is 1. The van der Waals surface area contributed by atoms with Crippen LogP contribution >= 0.6 is 11.6 Å². The van der Waals surface area contributed by atoms with E-state index in [1.165, 1.54) is 18.2 Å². The van der Waals surface area contributed by atoms with Crippen LogP contribution in [0.4, 0.5) is 11.4 Å². The molecule has 0 saturated heterocycles. The average molecular weight is 542 g/mol. The van der Waals surface area contributed by atoms with E-state index in [2.05, 4.69) is 5.32 Å². The van der Waals surface area contributed by atoms with Gasteiger partial charge in [0.15, 0.2) is 5.43 Å². The van der Waals surface area contributed by atoms with Crippen molar-refractivity contribution in [3.63, 3.8) is 0 Å². The van der Waals surface area contributed by atoms with Crippen molar-refractivity contribution in [3.8, 4) is 11.5 Å². The molecule has 5 rings (SSSR count). The van der Waals surface area contributed by atoms with Crippen LogP contribution in [0.3, 0.4) is 0 Å². The third-order valence-electron chi connectivity index (χ3n) is 6.42. The number of nitrogens with zero attached hydrogens (tertiary/aromatic N) is 2. The first kappa shape index (κ1) is 25.9. The quantitative estimate of drug-likeness (QED) is 0.127. The van der Waals surface area contributed by atoms with Gasteiger partial charge >= 0.3 is 0 Å². The summed E-state index contributed by atoms with van der Waals surface area (Å²) in [6.07, 6.45) is 0.662. The molecule has 1 amide bonds. The van der Waals surface area contributed by atoms with E-state index in [0.29, 0.717) is 34.5 Å². The number of amides is 1. The number of anilines is 1. The highest BCUT2D eigenvalue weighted by Gasteiger charge is 2.15. The van der Waals surface area contributed by atoms with Crippen LogP contribution in [0.25, 0.3) is 21.8 Å². The summed E-state index contributed by atoms with van der Waals surface area (Å²) in [5.41, 5.74) is 2.44. The summed E-state index contributed by atoms with van der Waals surface area (Å²) in [6, 6.07) is 24.0. The van der Waals surface area contributed by atoms with E-state index in [-0.39, 0.29) is 34.9 Å². The van der Waals surface area contributed by atoms with Gasteiger partial charge in [-0.05, 0) is 61.4 Å². The Morgan fingerprint density at radius 2 is 1.62 bits per heavy atom. The zero-order chi connectivity index (χ0) is 27.5. The Hall–Kier alpha value is -4.69. The first-order chi connectivity index (χ1) is 18.8. The van der Waals surface area contributed by atoms with Crippen LogP contribution in [0.5, 0.6) is 11.5 Å². The van der Waals surface area contributed by atoms with Crippen molar-refractivity contribution in [2.75, 3.05) is 5.32 Å². The van der Waals surface area contributed by atoms with Gasteiger partial charge in [0.1, 0.15) is 11.5 Å². The fourth-order valence-corrected chi connectivity index (χ4v) is 4.69. The van der Waals surface area contributed by atoms with Gasteiger partial charge in [0.05, 0.1) is 27.7 Å². The molecule has 4 aromatic carbocycles. The van der Waals surface area contributed by atoms with Crippen molar-refractivity contribution < 1.29 is 14.5 Å². The fraction of sp³-hybridized carbons (Fsp3) is 0.133. The number of hydrogen-bond acceptors (Lipinski definition) is 5. The maximum atomic E-state index is 12.9. The monoisotopic (exact) mass is 541 g/mol. The van der Waals surface area contributed by atoms with Crippen molar-refractivity contribution in [1.29, 1.82) is 0 Å². The minimum atomic E-state index is -0.540. The normalized spacial score (nSPS) is 11.0. The number of aryl methyl sites for hydroxylation is 2. The Balaban J connectivity index is 1.33. The van der Waals surface area contributed by atoms with Crippen molar-refractivity contribution in [1.82, 2.24) is 4.57 Å². The highest BCUT2D eigenvalue weighted by molar-refractivity contribution is 6.31. The van der Waals surface area contributed by atoms with Gasteiger partial charge in [0.25, 0.3) is 5.69 Å². The lowest BCUT2D eigenvalue weighted by Crippen LogP contribution is -2.15. The van der Waals surface area contributed by atoms with Crippen LogP contribution in [0.1, 0.15) is 18.4 Å². The van der Waals surface area contributed by atoms with Crippen LogP contribution in [-0.4, -0.2) is 15.4 Å². The van der Waals surface area contributed by atoms with Crippen molar-refractivity contribution in [3.05, 3.63) is 116 Å². The molecule has 0 spiro atoms. The molecule has 39 heavy (non-hydrogen) atoms. The third kappa shape index (κ3) is 5.61. The van der Waals surface area contributed by atoms with E-state index in [0.717, 1.165) is 16.6 Å². The highest BCUT2D eigenvalue weighted by Crippen LogP contribution is 2.31. The first-order valence-electron chi connectivity index (χ1n) is 12.3. The van der Waals surface area contributed by atoms with E-state index in [4.69, 9.17) is 16.3 Å². The van der Waals surface area contributed by atoms with Gasteiger partial charge in [-0.25, -0.2) is 0 Å². The summed E-state index contributed by atoms with van der Waals surface area (Å²) in [5, 5.41) is 16.1. The summed E-state index contributed by atoms with van der Waals surface area (Å²) in [5.74, 6) is 0.390. The molecule has 0 aliphatic carbocycles. The van der Waals surface area contributed by atoms with Crippen LogP contribution < -0.4 is 15.5 Å². The topological polar surface area (TPSA) is 103 Å². The number of halogens is 1. The molecule has 0 atom stereocenters. The van der Waals surface area contributed by atoms with Gasteiger partial charge in [0.2, 0.25) is 5.91 Å². The second-order valence-corrected chi connectivity index (χ2v) is 9.56. The van der Waals surface area contributed by atoms with E-state index in [9.17, 15) is 19.7 Å². The molecular formula is C30H24ClN3O5.